The number of rotatable bonds is 6. The van der Waals surface area contributed by atoms with Crippen molar-refractivity contribution in [2.24, 2.45) is 5.73 Å². The molecule has 0 aliphatic heterocycles. The lowest BCUT2D eigenvalue weighted by Crippen LogP contribution is -2.28. The Morgan fingerprint density at radius 1 is 1.45 bits per heavy atom. The molecule has 1 atom stereocenters. The molecule has 1 amide bonds. The molecule has 120 valence electrons. The summed E-state index contributed by atoms with van der Waals surface area (Å²) in [7, 11) is 1.58. The van der Waals surface area contributed by atoms with Crippen LogP contribution < -0.4 is 15.8 Å². The van der Waals surface area contributed by atoms with E-state index in [-0.39, 0.29) is 30.8 Å². The number of nitrogens with one attached hydrogen (secondary N) is 1. The highest BCUT2D eigenvalue weighted by molar-refractivity contribution is 5.85. The van der Waals surface area contributed by atoms with Gasteiger partial charge in [0, 0.05) is 13.0 Å². The lowest BCUT2D eigenvalue weighted by Gasteiger charge is -2.08. The van der Waals surface area contributed by atoms with Crippen molar-refractivity contribution in [2.75, 3.05) is 13.7 Å². The predicted molar refractivity (Wildman–Crippen MR) is 83.8 cm³/mol. The normalized spacial score (nSPS) is 11.4. The second kappa shape index (κ2) is 8.35. The maximum atomic E-state index is 11.5. The molecular formula is C14H19ClN4O3. The largest absolute Gasteiger partial charge is 0.496 e. The van der Waals surface area contributed by atoms with Gasteiger partial charge in [-0.3, -0.25) is 4.79 Å². The van der Waals surface area contributed by atoms with E-state index in [2.05, 4.69) is 15.5 Å². The number of aromatic nitrogens is 2. The van der Waals surface area contributed by atoms with Gasteiger partial charge in [0.2, 0.25) is 17.6 Å². The highest BCUT2D eigenvalue weighted by Crippen LogP contribution is 2.27. The van der Waals surface area contributed by atoms with Gasteiger partial charge >= 0.3 is 0 Å². The maximum Gasteiger partial charge on any atom is 0.249 e. The number of hydrogen-bond donors (Lipinski definition) is 2. The Balaban J connectivity index is 0.00000242. The molecule has 0 fully saturated rings. The van der Waals surface area contributed by atoms with Crippen LogP contribution in [-0.2, 0) is 4.79 Å². The molecular weight excluding hydrogens is 308 g/mol. The molecule has 2 aromatic rings. The number of para-hydroxylation sites is 1. The second-order valence-electron chi connectivity index (χ2n) is 4.48. The number of nitrogens with zero attached hydrogens (tertiary/aromatic N) is 2. The SMILES string of the molecule is COc1ccccc1-c1noc(C(C)NC(=O)CCN)n1.Cl. The van der Waals surface area contributed by atoms with Crippen LogP contribution in [0.15, 0.2) is 28.8 Å². The molecule has 2 rings (SSSR count). The number of ether oxygens (including phenoxy) is 1. The first kappa shape index (κ1) is 17.9. The molecule has 0 saturated heterocycles. The summed E-state index contributed by atoms with van der Waals surface area (Å²) >= 11 is 0. The summed E-state index contributed by atoms with van der Waals surface area (Å²) in [4.78, 5) is 15.8. The number of halogens is 1. The highest BCUT2D eigenvalue weighted by Gasteiger charge is 2.18. The first-order valence-corrected chi connectivity index (χ1v) is 6.62. The third-order valence-corrected chi connectivity index (χ3v) is 2.91. The van der Waals surface area contributed by atoms with Crippen LogP contribution in [0, 0.1) is 0 Å². The number of carbonyl (C=O) groups excluding carboxylic acids is 1. The summed E-state index contributed by atoms with van der Waals surface area (Å²) < 4.78 is 10.5. The van der Waals surface area contributed by atoms with Crippen LogP contribution in [0.3, 0.4) is 0 Å². The van der Waals surface area contributed by atoms with Crippen molar-refractivity contribution < 1.29 is 14.1 Å². The fourth-order valence-corrected chi connectivity index (χ4v) is 1.86. The summed E-state index contributed by atoms with van der Waals surface area (Å²) in [5.41, 5.74) is 6.06. The maximum absolute atomic E-state index is 11.5. The van der Waals surface area contributed by atoms with Crippen molar-refractivity contribution in [1.29, 1.82) is 0 Å². The van der Waals surface area contributed by atoms with Crippen molar-refractivity contribution in [1.82, 2.24) is 15.5 Å². The van der Waals surface area contributed by atoms with Gasteiger partial charge in [0.05, 0.1) is 12.7 Å². The molecule has 22 heavy (non-hydrogen) atoms. The van der Waals surface area contributed by atoms with Gasteiger partial charge < -0.3 is 20.3 Å². The first-order chi connectivity index (χ1) is 10.2. The summed E-state index contributed by atoms with van der Waals surface area (Å²) in [5, 5.41) is 6.67. The van der Waals surface area contributed by atoms with Crippen molar-refractivity contribution in [3.8, 4) is 17.1 Å². The molecule has 0 aliphatic carbocycles. The molecule has 1 unspecified atom stereocenters. The quantitative estimate of drug-likeness (QED) is 0.837. The molecule has 3 N–H and O–H groups in total. The van der Waals surface area contributed by atoms with E-state index in [0.717, 1.165) is 5.56 Å². The molecule has 1 aromatic heterocycles. The number of methoxy groups -OCH3 is 1. The molecule has 1 heterocycles. The Bertz CT molecular complexity index is 618. The Morgan fingerprint density at radius 2 is 2.18 bits per heavy atom. The van der Waals surface area contributed by atoms with Gasteiger partial charge in [-0.2, -0.15) is 4.98 Å². The van der Waals surface area contributed by atoms with E-state index in [4.69, 9.17) is 15.0 Å². The Labute approximate surface area is 134 Å². The minimum Gasteiger partial charge on any atom is -0.496 e. The van der Waals surface area contributed by atoms with Crippen LogP contribution in [0.4, 0.5) is 0 Å². The minimum atomic E-state index is -0.375. The topological polar surface area (TPSA) is 103 Å². The van der Waals surface area contributed by atoms with Gasteiger partial charge in [0.15, 0.2) is 0 Å². The zero-order valence-electron chi connectivity index (χ0n) is 12.4. The fourth-order valence-electron chi connectivity index (χ4n) is 1.86. The number of amides is 1. The van der Waals surface area contributed by atoms with Gasteiger partial charge in [-0.15, -0.1) is 12.4 Å². The summed E-state index contributed by atoms with van der Waals surface area (Å²) in [6.07, 6.45) is 0.262. The smallest absolute Gasteiger partial charge is 0.249 e. The molecule has 8 heteroatoms. The second-order valence-corrected chi connectivity index (χ2v) is 4.48. The first-order valence-electron chi connectivity index (χ1n) is 6.62. The van der Waals surface area contributed by atoms with Crippen LogP contribution in [-0.4, -0.2) is 29.7 Å². The van der Waals surface area contributed by atoms with Crippen molar-refractivity contribution in [2.45, 2.75) is 19.4 Å². The Kier molecular flexibility index (Phi) is 6.81. The van der Waals surface area contributed by atoms with Gasteiger partial charge in [0.25, 0.3) is 0 Å². The third kappa shape index (κ3) is 4.19. The highest BCUT2D eigenvalue weighted by atomic mass is 35.5. The zero-order valence-corrected chi connectivity index (χ0v) is 13.2. The third-order valence-electron chi connectivity index (χ3n) is 2.91. The van der Waals surface area contributed by atoms with E-state index in [1.54, 1.807) is 14.0 Å². The summed E-state index contributed by atoms with van der Waals surface area (Å²) in [6.45, 7) is 2.07. The molecule has 1 aromatic carbocycles. The number of hydrogen-bond acceptors (Lipinski definition) is 6. The fraction of sp³-hybridized carbons (Fsp3) is 0.357. The average molecular weight is 327 g/mol. The lowest BCUT2D eigenvalue weighted by molar-refractivity contribution is -0.121. The van der Waals surface area contributed by atoms with E-state index >= 15 is 0 Å². The summed E-state index contributed by atoms with van der Waals surface area (Å²) in [6, 6.07) is 7.00. The van der Waals surface area contributed by atoms with Crippen LogP contribution in [0.25, 0.3) is 11.4 Å². The van der Waals surface area contributed by atoms with Crippen molar-refractivity contribution in [3.05, 3.63) is 30.2 Å². The van der Waals surface area contributed by atoms with Crippen LogP contribution in [0.1, 0.15) is 25.3 Å². The molecule has 0 saturated carbocycles. The van der Waals surface area contributed by atoms with Gasteiger partial charge in [-0.25, -0.2) is 0 Å². The standard InChI is InChI=1S/C14H18N4O3.ClH/c1-9(16-12(19)7-8-15)14-17-13(18-21-14)10-5-3-4-6-11(10)20-2;/h3-6,9H,7-8,15H2,1-2H3,(H,16,19);1H. The number of carbonyl (C=O) groups is 1. The van der Waals surface area contributed by atoms with E-state index in [1.807, 2.05) is 24.3 Å². The summed E-state index contributed by atoms with van der Waals surface area (Å²) in [5.74, 6) is 1.26. The van der Waals surface area contributed by atoms with E-state index in [1.165, 1.54) is 0 Å². The minimum absolute atomic E-state index is 0. The van der Waals surface area contributed by atoms with E-state index in [9.17, 15) is 4.79 Å². The average Bonchev–Trinajstić information content (AvgIpc) is 2.97. The van der Waals surface area contributed by atoms with Gasteiger partial charge in [-0.05, 0) is 19.1 Å². The van der Waals surface area contributed by atoms with Crippen molar-refractivity contribution >= 4 is 18.3 Å². The molecule has 0 radical (unpaired) electrons. The van der Waals surface area contributed by atoms with Gasteiger partial charge in [-0.1, -0.05) is 17.3 Å². The van der Waals surface area contributed by atoms with E-state index in [0.29, 0.717) is 24.0 Å². The molecule has 0 bridgehead atoms. The van der Waals surface area contributed by atoms with E-state index < -0.39 is 0 Å². The number of nitrogens with two attached hydrogens (primary N) is 1. The Hall–Kier alpha value is -2.12. The molecule has 0 aliphatic rings. The lowest BCUT2D eigenvalue weighted by atomic mass is 10.2. The van der Waals surface area contributed by atoms with Crippen LogP contribution in [0.2, 0.25) is 0 Å². The number of benzene rings is 1. The molecule has 0 spiro atoms. The predicted octanol–water partition coefficient (Wildman–Crippen LogP) is 1.69. The van der Waals surface area contributed by atoms with Gasteiger partial charge in [0.1, 0.15) is 11.8 Å². The van der Waals surface area contributed by atoms with Crippen molar-refractivity contribution in [3.63, 3.8) is 0 Å². The van der Waals surface area contributed by atoms with Crippen LogP contribution in [0.5, 0.6) is 5.75 Å². The zero-order chi connectivity index (χ0) is 15.2. The monoisotopic (exact) mass is 326 g/mol. The van der Waals surface area contributed by atoms with Crippen LogP contribution >= 0.6 is 12.4 Å². The Morgan fingerprint density at radius 3 is 2.86 bits per heavy atom. The molecule has 7 nitrogen and oxygen atoms in total.